The van der Waals surface area contributed by atoms with Gasteiger partial charge in [0.25, 0.3) is 0 Å². The lowest BCUT2D eigenvalue weighted by molar-refractivity contribution is -0.318. The lowest BCUT2D eigenvalue weighted by atomic mass is 9.77. The highest BCUT2D eigenvalue weighted by Gasteiger charge is 2.53. The monoisotopic (exact) mass is 1050 g/mol. The number of hydrogen-bond acceptors (Lipinski definition) is 17. The number of esters is 2. The number of urea groups is 1. The smallest absolute Gasteiger partial charge is 0.321 e. The molecule has 420 valence electrons. The standard InChI is InChI=1S/C55H90N4O15/c1-15-42-55(11,67)47(62)36(7)59(26-25-58(24-23-43(60)69-16-2)52(65)56-40-22-21-38-19-17-18-20-39(38)28-40)31-32(3)29-53(9,66)49(74-51-45(61)41(57(12)13)27-33(4)70-51)34(5)46(35(6)50(64)72-42)73-44-30-54(10,68-14)48(63)37(8)71-44/h17-22,28,32-37,41-42,44-49,51,61-63,66-67H,15-16,23-27,29-31H2,1-14H3,(H,56,65)/t32-,33-,34+,35-,36-,37+,41+,42-,44+,45-,46+,47-,48+,49-,51+,53-,54-,55-/m1/s1. The first-order chi connectivity index (χ1) is 34.7. The van der Waals surface area contributed by atoms with Gasteiger partial charge in [-0.25, -0.2) is 4.79 Å². The summed E-state index contributed by atoms with van der Waals surface area (Å²) in [5.41, 5.74) is -4.30. The normalized spacial score (nSPS) is 38.2. The molecule has 5 rings (SSSR count). The number of anilines is 1. The first kappa shape index (κ1) is 61.3. The van der Waals surface area contributed by atoms with Crippen LogP contribution in [0.1, 0.15) is 108 Å². The van der Waals surface area contributed by atoms with Crippen LogP contribution in [0, 0.1) is 17.8 Å². The number of ether oxygens (including phenoxy) is 7. The van der Waals surface area contributed by atoms with Crippen LogP contribution < -0.4 is 5.32 Å². The Bertz CT molecular complexity index is 2130. The van der Waals surface area contributed by atoms with Gasteiger partial charge < -0.3 is 73.8 Å². The molecule has 3 saturated heterocycles. The molecule has 6 N–H and O–H groups in total. The largest absolute Gasteiger partial charge is 0.466 e. The van der Waals surface area contributed by atoms with E-state index in [1.165, 1.54) is 18.9 Å². The van der Waals surface area contributed by atoms with Crippen LogP contribution in [0.3, 0.4) is 0 Å². The molecule has 19 heteroatoms. The van der Waals surface area contributed by atoms with Gasteiger partial charge in [0.2, 0.25) is 0 Å². The van der Waals surface area contributed by atoms with E-state index in [1.807, 2.05) is 74.1 Å². The highest BCUT2D eigenvalue weighted by molar-refractivity contribution is 5.93. The van der Waals surface area contributed by atoms with E-state index in [0.29, 0.717) is 12.1 Å². The van der Waals surface area contributed by atoms with Gasteiger partial charge in [-0.1, -0.05) is 51.1 Å². The van der Waals surface area contributed by atoms with Crippen molar-refractivity contribution in [2.24, 2.45) is 17.8 Å². The molecule has 2 amide bonds. The Kier molecular flexibility index (Phi) is 21.7. The minimum absolute atomic E-state index is 0.00960. The maximum Gasteiger partial charge on any atom is 0.321 e. The third-order valence-electron chi connectivity index (χ3n) is 15.9. The number of cyclic esters (lactones) is 1. The molecule has 2 aromatic rings. The molecular formula is C55H90N4O15. The zero-order valence-electron chi connectivity index (χ0n) is 46.4. The average Bonchev–Trinajstić information content (AvgIpc) is 3.34. The number of methoxy groups -OCH3 is 1. The van der Waals surface area contributed by atoms with E-state index in [0.717, 1.165) is 10.8 Å². The minimum atomic E-state index is -2.02. The van der Waals surface area contributed by atoms with Crippen LogP contribution >= 0.6 is 0 Å². The lowest BCUT2D eigenvalue weighted by Crippen LogP contribution is -2.60. The summed E-state index contributed by atoms with van der Waals surface area (Å²) < 4.78 is 43.5. The summed E-state index contributed by atoms with van der Waals surface area (Å²) in [6.07, 6.45) is -9.83. The van der Waals surface area contributed by atoms with Crippen LogP contribution in [0.2, 0.25) is 0 Å². The summed E-state index contributed by atoms with van der Waals surface area (Å²) in [6.45, 7) is 19.5. The van der Waals surface area contributed by atoms with Gasteiger partial charge >= 0.3 is 18.0 Å². The van der Waals surface area contributed by atoms with Crippen molar-refractivity contribution in [2.45, 2.75) is 199 Å². The SMILES string of the molecule is CCOC(=O)CCN(CCN1C[C@H](C)C[C@@](C)(O)[C@H](O[C@@H]2O[C@H](C)C[C@H](N(C)C)[C@H]2O)[C@@H](C)[C@H](O[C@H]2C[C@@](C)(OC)[C@@H](O)[C@H](C)O2)[C@@H](C)C(=O)O[C@H](CC)[C@@](C)(O)[C@H](O)[C@H]1C)C(=O)Nc1ccc2ccccc2c1. The fourth-order valence-corrected chi connectivity index (χ4v) is 11.4. The minimum Gasteiger partial charge on any atom is -0.466 e. The number of fused-ring (bicyclic) bond motifs is 1. The van der Waals surface area contributed by atoms with Crippen molar-refractivity contribution in [3.63, 3.8) is 0 Å². The first-order valence-electron chi connectivity index (χ1n) is 26.6. The number of carbonyl (C=O) groups excluding carboxylic acids is 3. The summed E-state index contributed by atoms with van der Waals surface area (Å²) in [4.78, 5) is 46.9. The quantitative estimate of drug-likeness (QED) is 0.130. The highest BCUT2D eigenvalue weighted by Crippen LogP contribution is 2.40. The van der Waals surface area contributed by atoms with E-state index in [-0.39, 0.29) is 76.5 Å². The van der Waals surface area contributed by atoms with Gasteiger partial charge in [0.1, 0.15) is 30.0 Å². The van der Waals surface area contributed by atoms with Gasteiger partial charge in [-0.15, -0.1) is 0 Å². The van der Waals surface area contributed by atoms with Crippen molar-refractivity contribution in [1.29, 1.82) is 0 Å². The second-order valence-corrected chi connectivity index (χ2v) is 22.3. The maximum absolute atomic E-state index is 14.7. The number of benzene rings is 2. The molecule has 0 bridgehead atoms. The number of hydrogen-bond donors (Lipinski definition) is 6. The first-order valence-corrected chi connectivity index (χ1v) is 26.6. The molecule has 18 atom stereocenters. The zero-order chi connectivity index (χ0) is 55.0. The second kappa shape index (κ2) is 26.2. The van der Waals surface area contributed by atoms with E-state index in [4.69, 9.17) is 33.2 Å². The Morgan fingerprint density at radius 3 is 2.20 bits per heavy atom. The number of likely N-dealkylation sites (N-methyl/N-ethyl adjacent to an activating group) is 1. The van der Waals surface area contributed by atoms with E-state index in [2.05, 4.69) is 5.32 Å². The average molecular weight is 1050 g/mol. The van der Waals surface area contributed by atoms with Crippen molar-refractivity contribution in [1.82, 2.24) is 14.7 Å². The number of amides is 2. The van der Waals surface area contributed by atoms with Gasteiger partial charge in [0, 0.05) is 63.4 Å². The van der Waals surface area contributed by atoms with Gasteiger partial charge in [-0.05, 0) is 118 Å². The van der Waals surface area contributed by atoms with Crippen LogP contribution in [-0.2, 0) is 42.7 Å². The van der Waals surface area contributed by atoms with Gasteiger partial charge in [-0.2, -0.15) is 0 Å². The number of aliphatic hydroxyl groups excluding tert-OH is 3. The molecule has 0 aromatic heterocycles. The summed E-state index contributed by atoms with van der Waals surface area (Å²) >= 11 is 0. The van der Waals surface area contributed by atoms with Crippen LogP contribution in [0.5, 0.6) is 0 Å². The van der Waals surface area contributed by atoms with Gasteiger partial charge in [-0.3, -0.25) is 14.5 Å². The molecule has 3 aliphatic heterocycles. The molecule has 19 nitrogen and oxygen atoms in total. The van der Waals surface area contributed by atoms with Crippen molar-refractivity contribution in [3.05, 3.63) is 42.5 Å². The van der Waals surface area contributed by atoms with Crippen LogP contribution in [-0.4, -0.2) is 202 Å². The van der Waals surface area contributed by atoms with Gasteiger partial charge in [0.05, 0.1) is 54.6 Å². The molecule has 3 heterocycles. The Labute approximate surface area is 439 Å². The Balaban J connectivity index is 1.56. The molecule has 3 aliphatic rings. The van der Waals surface area contributed by atoms with Crippen molar-refractivity contribution >= 4 is 34.4 Å². The van der Waals surface area contributed by atoms with Crippen LogP contribution in [0.25, 0.3) is 10.8 Å². The number of carbonyl (C=O) groups is 3. The molecule has 0 radical (unpaired) electrons. The molecule has 0 aliphatic carbocycles. The summed E-state index contributed by atoms with van der Waals surface area (Å²) in [5.74, 6) is -3.61. The predicted octanol–water partition coefficient (Wildman–Crippen LogP) is 4.91. The topological polar surface area (TPSA) is 239 Å². The van der Waals surface area contributed by atoms with Crippen LogP contribution in [0.4, 0.5) is 10.5 Å². The number of rotatable bonds is 15. The Morgan fingerprint density at radius 2 is 1.57 bits per heavy atom. The van der Waals surface area contributed by atoms with E-state index in [9.17, 15) is 39.9 Å². The summed E-state index contributed by atoms with van der Waals surface area (Å²) in [7, 11) is 5.22. The molecule has 74 heavy (non-hydrogen) atoms. The summed E-state index contributed by atoms with van der Waals surface area (Å²) in [6, 6.07) is 11.7. The fraction of sp³-hybridized carbons (Fsp3) is 0.764. The van der Waals surface area contributed by atoms with E-state index < -0.39 is 108 Å². The molecule has 0 unspecified atom stereocenters. The highest BCUT2D eigenvalue weighted by atomic mass is 16.7. The van der Waals surface area contributed by atoms with E-state index in [1.54, 1.807) is 61.5 Å². The summed E-state index contributed by atoms with van der Waals surface area (Å²) in [5, 5.41) is 65.6. The van der Waals surface area contributed by atoms with Crippen molar-refractivity contribution in [3.8, 4) is 0 Å². The third kappa shape index (κ3) is 14.9. The number of nitrogens with zero attached hydrogens (tertiary/aromatic N) is 3. The molecule has 2 aromatic carbocycles. The molecular weight excluding hydrogens is 957 g/mol. The Morgan fingerprint density at radius 1 is 0.892 bits per heavy atom. The Hall–Kier alpha value is -3.57. The number of nitrogens with one attached hydrogen (secondary N) is 1. The van der Waals surface area contributed by atoms with Crippen LogP contribution in [0.15, 0.2) is 42.5 Å². The number of aliphatic hydroxyl groups is 5. The predicted molar refractivity (Wildman–Crippen MR) is 279 cm³/mol. The fourth-order valence-electron chi connectivity index (χ4n) is 11.4. The molecule has 0 saturated carbocycles. The van der Waals surface area contributed by atoms with Crippen molar-refractivity contribution < 1.29 is 73.1 Å². The third-order valence-corrected chi connectivity index (χ3v) is 15.9. The lowest BCUT2D eigenvalue weighted by Gasteiger charge is -2.48. The second-order valence-electron chi connectivity index (χ2n) is 22.3. The van der Waals surface area contributed by atoms with E-state index >= 15 is 0 Å². The maximum atomic E-state index is 14.7. The molecule has 0 spiro atoms. The van der Waals surface area contributed by atoms with Gasteiger partial charge in [0.15, 0.2) is 12.6 Å². The zero-order valence-corrected chi connectivity index (χ0v) is 46.4. The van der Waals surface area contributed by atoms with Crippen molar-refractivity contribution in [2.75, 3.05) is 59.3 Å². The molecule has 3 fully saturated rings.